The van der Waals surface area contributed by atoms with Gasteiger partial charge in [0.25, 0.3) is 0 Å². The van der Waals surface area contributed by atoms with Crippen LogP contribution < -0.4 is 4.90 Å². The summed E-state index contributed by atoms with van der Waals surface area (Å²) in [5.41, 5.74) is 1.15. The molecule has 0 saturated heterocycles. The van der Waals surface area contributed by atoms with Crippen LogP contribution in [0.4, 0.5) is 5.82 Å². The number of aliphatic hydroxyl groups is 1. The first-order chi connectivity index (χ1) is 6.15. The van der Waals surface area contributed by atoms with Crippen LogP contribution in [0.1, 0.15) is 12.5 Å². The summed E-state index contributed by atoms with van der Waals surface area (Å²) in [4.78, 5) is 6.22. The molecular formula is C10H16N2O. The van der Waals surface area contributed by atoms with E-state index in [1.165, 1.54) is 0 Å². The Bertz CT molecular complexity index is 258. The Morgan fingerprint density at radius 1 is 1.54 bits per heavy atom. The van der Waals surface area contributed by atoms with Gasteiger partial charge in [-0.1, -0.05) is 6.07 Å². The maximum atomic E-state index is 8.95. The zero-order valence-electron chi connectivity index (χ0n) is 8.36. The second-order valence-corrected chi connectivity index (χ2v) is 3.34. The Morgan fingerprint density at radius 2 is 2.23 bits per heavy atom. The van der Waals surface area contributed by atoms with Crippen LogP contribution in [0, 0.1) is 6.92 Å². The molecule has 0 spiro atoms. The molecule has 0 aliphatic carbocycles. The van der Waals surface area contributed by atoms with Crippen molar-refractivity contribution >= 4 is 5.82 Å². The normalized spacial score (nSPS) is 12.6. The molecule has 0 radical (unpaired) electrons. The number of aromatic nitrogens is 1. The highest BCUT2D eigenvalue weighted by Crippen LogP contribution is 2.11. The summed E-state index contributed by atoms with van der Waals surface area (Å²) in [7, 11) is 1.93. The Morgan fingerprint density at radius 3 is 2.69 bits per heavy atom. The van der Waals surface area contributed by atoms with Crippen molar-refractivity contribution in [1.29, 1.82) is 0 Å². The molecule has 1 aromatic heterocycles. The van der Waals surface area contributed by atoms with Crippen molar-refractivity contribution < 1.29 is 5.11 Å². The molecule has 0 bridgehead atoms. The molecule has 0 saturated carbocycles. The first-order valence-electron chi connectivity index (χ1n) is 4.41. The van der Waals surface area contributed by atoms with E-state index in [1.54, 1.807) is 0 Å². The molecule has 3 heteroatoms. The molecule has 1 heterocycles. The van der Waals surface area contributed by atoms with Crippen LogP contribution in [-0.2, 0) is 0 Å². The molecule has 1 N–H and O–H groups in total. The number of aryl methyl sites for hydroxylation is 1. The summed E-state index contributed by atoms with van der Waals surface area (Å²) >= 11 is 0. The minimum Gasteiger partial charge on any atom is -0.394 e. The fourth-order valence-corrected chi connectivity index (χ4v) is 1.02. The third-order valence-corrected chi connectivity index (χ3v) is 2.18. The van der Waals surface area contributed by atoms with Crippen LogP contribution in [0.15, 0.2) is 18.3 Å². The van der Waals surface area contributed by atoms with Crippen LogP contribution in [-0.4, -0.2) is 29.8 Å². The minimum atomic E-state index is 0.107. The van der Waals surface area contributed by atoms with Crippen LogP contribution in [0.2, 0.25) is 0 Å². The average molecular weight is 180 g/mol. The van der Waals surface area contributed by atoms with E-state index in [1.807, 2.05) is 44.1 Å². The molecular weight excluding hydrogens is 164 g/mol. The van der Waals surface area contributed by atoms with Crippen molar-refractivity contribution in [2.75, 3.05) is 18.6 Å². The Balaban J connectivity index is 2.77. The van der Waals surface area contributed by atoms with Gasteiger partial charge in [-0.25, -0.2) is 4.98 Å². The predicted octanol–water partition coefficient (Wildman–Crippen LogP) is 1.21. The summed E-state index contributed by atoms with van der Waals surface area (Å²) in [6, 6.07) is 4.08. The van der Waals surface area contributed by atoms with Crippen molar-refractivity contribution in [2.45, 2.75) is 19.9 Å². The third-order valence-electron chi connectivity index (χ3n) is 2.18. The summed E-state index contributed by atoms with van der Waals surface area (Å²) in [5, 5.41) is 8.95. The van der Waals surface area contributed by atoms with E-state index in [0.29, 0.717) is 0 Å². The number of aliphatic hydroxyl groups excluding tert-OH is 1. The summed E-state index contributed by atoms with van der Waals surface area (Å²) in [5.74, 6) is 0.896. The van der Waals surface area contributed by atoms with E-state index in [-0.39, 0.29) is 12.6 Å². The van der Waals surface area contributed by atoms with Gasteiger partial charge in [0.1, 0.15) is 5.82 Å². The van der Waals surface area contributed by atoms with E-state index < -0.39 is 0 Å². The molecule has 1 rings (SSSR count). The highest BCUT2D eigenvalue weighted by Gasteiger charge is 2.08. The smallest absolute Gasteiger partial charge is 0.128 e. The number of pyridine rings is 1. The first kappa shape index (κ1) is 9.99. The number of hydrogen-bond acceptors (Lipinski definition) is 3. The van der Waals surface area contributed by atoms with Gasteiger partial charge in [0.05, 0.1) is 12.6 Å². The standard InChI is InChI=1S/C10H16N2O/c1-8-4-5-10(11-6-8)12(3)9(2)7-13/h4-6,9,13H,7H2,1-3H3. The van der Waals surface area contributed by atoms with Gasteiger partial charge in [-0.05, 0) is 25.5 Å². The Labute approximate surface area is 79.0 Å². The number of likely N-dealkylation sites (N-methyl/N-ethyl adjacent to an activating group) is 1. The zero-order valence-corrected chi connectivity index (χ0v) is 8.36. The topological polar surface area (TPSA) is 36.4 Å². The Hall–Kier alpha value is -1.09. The van der Waals surface area contributed by atoms with Gasteiger partial charge in [0.15, 0.2) is 0 Å². The molecule has 3 nitrogen and oxygen atoms in total. The lowest BCUT2D eigenvalue weighted by molar-refractivity contribution is 0.270. The molecule has 0 amide bonds. The SMILES string of the molecule is Cc1ccc(N(C)C(C)CO)nc1. The van der Waals surface area contributed by atoms with Gasteiger partial charge >= 0.3 is 0 Å². The average Bonchev–Trinajstić information content (AvgIpc) is 2.17. The van der Waals surface area contributed by atoms with Gasteiger partial charge < -0.3 is 10.0 Å². The Kier molecular flexibility index (Phi) is 3.25. The largest absolute Gasteiger partial charge is 0.394 e. The molecule has 0 aromatic carbocycles. The fraction of sp³-hybridized carbons (Fsp3) is 0.500. The maximum absolute atomic E-state index is 8.95. The molecule has 72 valence electrons. The number of anilines is 1. The van der Waals surface area contributed by atoms with Gasteiger partial charge in [-0.15, -0.1) is 0 Å². The summed E-state index contributed by atoms with van der Waals surface area (Å²) in [6.45, 7) is 4.11. The highest BCUT2D eigenvalue weighted by molar-refractivity contribution is 5.39. The molecule has 0 aliphatic heterocycles. The fourth-order valence-electron chi connectivity index (χ4n) is 1.02. The van der Waals surface area contributed by atoms with Gasteiger partial charge in [-0.2, -0.15) is 0 Å². The van der Waals surface area contributed by atoms with Gasteiger partial charge in [0.2, 0.25) is 0 Å². The molecule has 0 aliphatic rings. The lowest BCUT2D eigenvalue weighted by atomic mass is 10.3. The quantitative estimate of drug-likeness (QED) is 0.759. The number of nitrogens with zero attached hydrogens (tertiary/aromatic N) is 2. The van der Waals surface area contributed by atoms with Crippen molar-refractivity contribution in [2.24, 2.45) is 0 Å². The molecule has 1 aromatic rings. The van der Waals surface area contributed by atoms with Crippen LogP contribution in [0.25, 0.3) is 0 Å². The summed E-state index contributed by atoms with van der Waals surface area (Å²) in [6.07, 6.45) is 1.83. The predicted molar refractivity (Wildman–Crippen MR) is 53.9 cm³/mol. The van der Waals surface area contributed by atoms with Crippen molar-refractivity contribution in [1.82, 2.24) is 4.98 Å². The molecule has 1 atom stereocenters. The van der Waals surface area contributed by atoms with E-state index in [4.69, 9.17) is 5.11 Å². The van der Waals surface area contributed by atoms with E-state index in [0.717, 1.165) is 11.4 Å². The number of hydrogen-bond donors (Lipinski definition) is 1. The maximum Gasteiger partial charge on any atom is 0.128 e. The first-order valence-corrected chi connectivity index (χ1v) is 4.41. The lowest BCUT2D eigenvalue weighted by Crippen LogP contribution is -2.32. The second kappa shape index (κ2) is 4.23. The van der Waals surface area contributed by atoms with Crippen molar-refractivity contribution in [3.63, 3.8) is 0 Å². The van der Waals surface area contributed by atoms with Crippen molar-refractivity contribution in [3.8, 4) is 0 Å². The van der Waals surface area contributed by atoms with Crippen LogP contribution in [0.5, 0.6) is 0 Å². The lowest BCUT2D eigenvalue weighted by Gasteiger charge is -2.24. The van der Waals surface area contributed by atoms with Gasteiger partial charge in [0, 0.05) is 13.2 Å². The van der Waals surface area contributed by atoms with E-state index >= 15 is 0 Å². The molecule has 0 fully saturated rings. The third kappa shape index (κ3) is 2.42. The van der Waals surface area contributed by atoms with Crippen LogP contribution >= 0.6 is 0 Å². The molecule has 1 unspecified atom stereocenters. The minimum absolute atomic E-state index is 0.107. The monoisotopic (exact) mass is 180 g/mol. The van der Waals surface area contributed by atoms with E-state index in [2.05, 4.69) is 4.98 Å². The molecule has 13 heavy (non-hydrogen) atoms. The summed E-state index contributed by atoms with van der Waals surface area (Å²) < 4.78 is 0. The van der Waals surface area contributed by atoms with Crippen LogP contribution in [0.3, 0.4) is 0 Å². The highest BCUT2D eigenvalue weighted by atomic mass is 16.3. The number of rotatable bonds is 3. The van der Waals surface area contributed by atoms with E-state index in [9.17, 15) is 0 Å². The second-order valence-electron chi connectivity index (χ2n) is 3.34. The van der Waals surface area contributed by atoms with Gasteiger partial charge in [-0.3, -0.25) is 0 Å². The zero-order chi connectivity index (χ0) is 9.84. The van der Waals surface area contributed by atoms with Crippen molar-refractivity contribution in [3.05, 3.63) is 23.9 Å².